The zero-order valence-electron chi connectivity index (χ0n) is 10.6. The van der Waals surface area contributed by atoms with Gasteiger partial charge in [0.25, 0.3) is 0 Å². The highest BCUT2D eigenvalue weighted by Gasteiger charge is 2.12. The number of rotatable bonds is 2. The molecule has 0 amide bonds. The Kier molecular flexibility index (Phi) is 3.14. The molecule has 0 saturated heterocycles. The predicted octanol–water partition coefficient (Wildman–Crippen LogP) is 3.88. The van der Waals surface area contributed by atoms with Crippen molar-refractivity contribution < 1.29 is 0 Å². The summed E-state index contributed by atoms with van der Waals surface area (Å²) in [7, 11) is 0. The van der Waals surface area contributed by atoms with Gasteiger partial charge in [-0.2, -0.15) is 0 Å². The zero-order chi connectivity index (χ0) is 12.3. The number of imidazole rings is 1. The van der Waals surface area contributed by atoms with Gasteiger partial charge >= 0.3 is 0 Å². The van der Waals surface area contributed by atoms with E-state index in [1.807, 2.05) is 12.3 Å². The largest absolute Gasteiger partial charge is 0.345 e. The van der Waals surface area contributed by atoms with Crippen molar-refractivity contribution in [2.45, 2.75) is 26.2 Å². The molecule has 0 fully saturated rings. The van der Waals surface area contributed by atoms with Gasteiger partial charge in [0.1, 0.15) is 5.82 Å². The van der Waals surface area contributed by atoms with E-state index in [1.165, 1.54) is 11.1 Å². The van der Waals surface area contributed by atoms with Gasteiger partial charge in [0.15, 0.2) is 0 Å². The summed E-state index contributed by atoms with van der Waals surface area (Å²) in [4.78, 5) is 7.19. The Morgan fingerprint density at radius 3 is 2.29 bits per heavy atom. The molecule has 1 N–H and O–H groups in total. The number of hydrogen-bond acceptors (Lipinski definition) is 1. The Hall–Kier alpha value is -1.83. The van der Waals surface area contributed by atoms with Crippen molar-refractivity contribution in [3.8, 4) is 0 Å². The third kappa shape index (κ3) is 3.06. The lowest BCUT2D eigenvalue weighted by molar-refractivity contribution is 0.590. The molecule has 0 spiro atoms. The second kappa shape index (κ2) is 4.58. The number of aromatic nitrogens is 2. The molecular formula is C15H18N2. The van der Waals surface area contributed by atoms with Crippen molar-refractivity contribution in [2.24, 2.45) is 0 Å². The summed E-state index contributed by atoms with van der Waals surface area (Å²) in [5, 5.41) is 0. The number of hydrogen-bond donors (Lipinski definition) is 1. The fraction of sp³-hybridized carbons (Fsp3) is 0.267. The lowest BCUT2D eigenvalue weighted by atomic mass is 9.87. The van der Waals surface area contributed by atoms with E-state index >= 15 is 0 Å². The van der Waals surface area contributed by atoms with E-state index in [2.05, 4.69) is 61.1 Å². The Labute approximate surface area is 102 Å². The van der Waals surface area contributed by atoms with Crippen LogP contribution in [0.5, 0.6) is 0 Å². The van der Waals surface area contributed by atoms with Crippen molar-refractivity contribution in [1.82, 2.24) is 9.97 Å². The molecule has 1 heterocycles. The van der Waals surface area contributed by atoms with Crippen molar-refractivity contribution in [3.63, 3.8) is 0 Å². The van der Waals surface area contributed by atoms with Crippen LogP contribution < -0.4 is 0 Å². The van der Waals surface area contributed by atoms with Gasteiger partial charge in [-0.1, -0.05) is 51.1 Å². The van der Waals surface area contributed by atoms with Gasteiger partial charge in [0.2, 0.25) is 0 Å². The van der Waals surface area contributed by atoms with Gasteiger partial charge in [-0.25, -0.2) is 4.98 Å². The minimum atomic E-state index is 0.212. The zero-order valence-corrected chi connectivity index (χ0v) is 10.6. The molecule has 0 unspecified atom stereocenters. The molecule has 0 aliphatic heterocycles. The monoisotopic (exact) mass is 226 g/mol. The van der Waals surface area contributed by atoms with Crippen LogP contribution in [0.4, 0.5) is 0 Å². The topological polar surface area (TPSA) is 28.7 Å². The molecule has 0 bridgehead atoms. The molecular weight excluding hydrogens is 208 g/mol. The number of H-pyrrole nitrogens is 1. The first-order valence-electron chi connectivity index (χ1n) is 5.84. The first kappa shape index (κ1) is 11.6. The third-order valence-corrected chi connectivity index (χ3v) is 2.73. The highest BCUT2D eigenvalue weighted by Crippen LogP contribution is 2.22. The Balaban J connectivity index is 2.14. The summed E-state index contributed by atoms with van der Waals surface area (Å²) in [5.74, 6) is 0.880. The quantitative estimate of drug-likeness (QED) is 0.827. The standard InChI is InChI=1S/C15H18N2/c1-15(2,3)13-7-4-12(5-8-13)6-9-14-16-10-11-17-14/h4-11H,1-3H3,(H,16,17)/b9-6+. The van der Waals surface area contributed by atoms with Gasteiger partial charge in [0.05, 0.1) is 0 Å². The Morgan fingerprint density at radius 1 is 1.06 bits per heavy atom. The summed E-state index contributed by atoms with van der Waals surface area (Å²) in [6.45, 7) is 6.67. The van der Waals surface area contributed by atoms with Crippen LogP contribution in [0.3, 0.4) is 0 Å². The summed E-state index contributed by atoms with van der Waals surface area (Å²) >= 11 is 0. The average Bonchev–Trinajstić information content (AvgIpc) is 2.78. The van der Waals surface area contributed by atoms with Crippen LogP contribution >= 0.6 is 0 Å². The van der Waals surface area contributed by atoms with Crippen molar-refractivity contribution in [3.05, 3.63) is 53.6 Å². The molecule has 0 aliphatic rings. The smallest absolute Gasteiger partial charge is 0.129 e. The third-order valence-electron chi connectivity index (χ3n) is 2.73. The molecule has 2 rings (SSSR count). The van der Waals surface area contributed by atoms with Gasteiger partial charge in [0, 0.05) is 12.4 Å². The highest BCUT2D eigenvalue weighted by molar-refractivity contribution is 5.66. The maximum atomic E-state index is 4.15. The molecule has 17 heavy (non-hydrogen) atoms. The van der Waals surface area contributed by atoms with Crippen molar-refractivity contribution in [2.75, 3.05) is 0 Å². The maximum absolute atomic E-state index is 4.15. The predicted molar refractivity (Wildman–Crippen MR) is 72.7 cm³/mol. The van der Waals surface area contributed by atoms with E-state index in [-0.39, 0.29) is 5.41 Å². The van der Waals surface area contributed by atoms with Gasteiger partial charge in [-0.05, 0) is 22.6 Å². The fourth-order valence-corrected chi connectivity index (χ4v) is 1.64. The van der Waals surface area contributed by atoms with E-state index < -0.39 is 0 Å². The van der Waals surface area contributed by atoms with Gasteiger partial charge in [-0.3, -0.25) is 0 Å². The molecule has 88 valence electrons. The summed E-state index contributed by atoms with van der Waals surface area (Å²) in [6.07, 6.45) is 7.61. The summed E-state index contributed by atoms with van der Waals surface area (Å²) < 4.78 is 0. The first-order chi connectivity index (χ1) is 8.05. The van der Waals surface area contributed by atoms with E-state index in [9.17, 15) is 0 Å². The van der Waals surface area contributed by atoms with E-state index in [0.29, 0.717) is 0 Å². The van der Waals surface area contributed by atoms with Crippen LogP contribution in [0, 0.1) is 0 Å². The first-order valence-corrected chi connectivity index (χ1v) is 5.84. The fourth-order valence-electron chi connectivity index (χ4n) is 1.64. The molecule has 0 atom stereocenters. The van der Waals surface area contributed by atoms with E-state index in [0.717, 1.165) is 5.82 Å². The van der Waals surface area contributed by atoms with Crippen molar-refractivity contribution >= 4 is 12.2 Å². The highest BCUT2D eigenvalue weighted by atomic mass is 14.9. The van der Waals surface area contributed by atoms with E-state index in [1.54, 1.807) is 6.20 Å². The molecule has 0 aliphatic carbocycles. The molecule has 2 heteroatoms. The van der Waals surface area contributed by atoms with E-state index in [4.69, 9.17) is 0 Å². The molecule has 2 nitrogen and oxygen atoms in total. The van der Waals surface area contributed by atoms with Gasteiger partial charge < -0.3 is 4.98 Å². The molecule has 1 aromatic carbocycles. The number of benzene rings is 1. The van der Waals surface area contributed by atoms with Crippen LogP contribution in [0.15, 0.2) is 36.7 Å². The molecule has 0 saturated carbocycles. The normalized spacial score (nSPS) is 12.2. The van der Waals surface area contributed by atoms with Crippen molar-refractivity contribution in [1.29, 1.82) is 0 Å². The minimum Gasteiger partial charge on any atom is -0.345 e. The van der Waals surface area contributed by atoms with Crippen LogP contribution in [0.25, 0.3) is 12.2 Å². The van der Waals surface area contributed by atoms with Crippen LogP contribution in [0.2, 0.25) is 0 Å². The number of nitrogens with one attached hydrogen (secondary N) is 1. The lowest BCUT2D eigenvalue weighted by Crippen LogP contribution is -2.10. The second-order valence-electron chi connectivity index (χ2n) is 5.18. The molecule has 1 aromatic heterocycles. The van der Waals surface area contributed by atoms with Crippen LogP contribution in [-0.4, -0.2) is 9.97 Å². The molecule has 0 radical (unpaired) electrons. The maximum Gasteiger partial charge on any atom is 0.129 e. The second-order valence-corrected chi connectivity index (χ2v) is 5.18. The molecule has 2 aromatic rings. The summed E-state index contributed by atoms with van der Waals surface area (Å²) in [5.41, 5.74) is 2.76. The van der Waals surface area contributed by atoms with Crippen LogP contribution in [-0.2, 0) is 5.41 Å². The Bertz CT molecular complexity index is 485. The SMILES string of the molecule is CC(C)(C)c1ccc(/C=C/c2ncc[nH]2)cc1. The van der Waals surface area contributed by atoms with Crippen LogP contribution in [0.1, 0.15) is 37.7 Å². The minimum absolute atomic E-state index is 0.212. The average molecular weight is 226 g/mol. The summed E-state index contributed by atoms with van der Waals surface area (Å²) in [6, 6.07) is 8.64. The number of aromatic amines is 1. The Morgan fingerprint density at radius 2 is 1.76 bits per heavy atom. The van der Waals surface area contributed by atoms with Gasteiger partial charge in [-0.15, -0.1) is 0 Å². The number of nitrogens with zero attached hydrogens (tertiary/aromatic N) is 1. The lowest BCUT2D eigenvalue weighted by Gasteiger charge is -2.18.